The van der Waals surface area contributed by atoms with Crippen molar-refractivity contribution in [1.82, 2.24) is 0 Å². The highest BCUT2D eigenvalue weighted by Crippen LogP contribution is 2.28. The molecule has 1 N–H and O–H groups in total. The minimum atomic E-state index is -3.73. The van der Waals surface area contributed by atoms with Crippen molar-refractivity contribution in [3.8, 4) is 5.75 Å². The zero-order valence-corrected chi connectivity index (χ0v) is 16.2. The Balaban J connectivity index is 1.76. The molecular formula is C18H21ClN2O4S. The topological polar surface area (TPSA) is 67.9 Å². The molecule has 0 amide bonds. The van der Waals surface area contributed by atoms with E-state index in [1.807, 2.05) is 12.1 Å². The number of sulfonamides is 1. The number of hydrogen-bond acceptors (Lipinski definition) is 5. The molecular weight excluding hydrogens is 376 g/mol. The monoisotopic (exact) mass is 396 g/mol. The zero-order chi connectivity index (χ0) is 18.7. The maximum atomic E-state index is 12.6. The van der Waals surface area contributed by atoms with E-state index in [1.165, 1.54) is 25.3 Å². The van der Waals surface area contributed by atoms with E-state index in [0.29, 0.717) is 24.7 Å². The second-order valence-electron chi connectivity index (χ2n) is 6.07. The van der Waals surface area contributed by atoms with Gasteiger partial charge in [-0.1, -0.05) is 11.6 Å². The van der Waals surface area contributed by atoms with Crippen molar-refractivity contribution in [1.29, 1.82) is 0 Å². The summed E-state index contributed by atoms with van der Waals surface area (Å²) >= 11 is 6.03. The molecule has 1 aliphatic rings. The molecule has 140 valence electrons. The van der Waals surface area contributed by atoms with Crippen molar-refractivity contribution in [3.63, 3.8) is 0 Å². The molecule has 0 radical (unpaired) electrons. The lowest BCUT2D eigenvalue weighted by molar-refractivity contribution is 0.0989. The zero-order valence-electron chi connectivity index (χ0n) is 14.6. The number of ether oxygens (including phenoxy) is 2. The molecule has 1 atom stereocenters. The summed E-state index contributed by atoms with van der Waals surface area (Å²) in [4.78, 5) is 2.32. The van der Waals surface area contributed by atoms with Crippen molar-refractivity contribution >= 4 is 33.0 Å². The third kappa shape index (κ3) is 4.06. The molecule has 1 heterocycles. The smallest absolute Gasteiger partial charge is 0.261 e. The summed E-state index contributed by atoms with van der Waals surface area (Å²) in [5, 5.41) is 0.243. The summed E-state index contributed by atoms with van der Waals surface area (Å²) in [6, 6.07) is 11.9. The number of anilines is 2. The van der Waals surface area contributed by atoms with E-state index in [0.717, 1.165) is 12.2 Å². The van der Waals surface area contributed by atoms with E-state index in [1.54, 1.807) is 12.1 Å². The predicted molar refractivity (Wildman–Crippen MR) is 103 cm³/mol. The molecule has 2 aromatic carbocycles. The van der Waals surface area contributed by atoms with E-state index < -0.39 is 10.0 Å². The lowest BCUT2D eigenvalue weighted by atomic mass is 10.2. The van der Waals surface area contributed by atoms with Crippen molar-refractivity contribution in [2.45, 2.75) is 17.9 Å². The molecule has 3 rings (SSSR count). The number of nitrogens with one attached hydrogen (secondary N) is 1. The Bertz CT molecular complexity index is 871. The van der Waals surface area contributed by atoms with Crippen LogP contribution in [0.5, 0.6) is 5.75 Å². The average Bonchev–Trinajstić information content (AvgIpc) is 2.62. The summed E-state index contributed by atoms with van der Waals surface area (Å²) in [6.07, 6.45) is 0. The van der Waals surface area contributed by atoms with Gasteiger partial charge in [0.25, 0.3) is 10.0 Å². The number of benzene rings is 2. The Kier molecular flexibility index (Phi) is 5.60. The van der Waals surface area contributed by atoms with Gasteiger partial charge in [-0.3, -0.25) is 4.72 Å². The number of rotatable bonds is 5. The maximum Gasteiger partial charge on any atom is 0.261 e. The molecule has 0 aromatic heterocycles. The lowest BCUT2D eigenvalue weighted by Gasteiger charge is -2.35. The maximum absolute atomic E-state index is 12.6. The van der Waals surface area contributed by atoms with Crippen LogP contribution in [0.15, 0.2) is 47.4 Å². The molecule has 1 saturated heterocycles. The van der Waals surface area contributed by atoms with Gasteiger partial charge in [-0.2, -0.15) is 0 Å². The first-order valence-corrected chi connectivity index (χ1v) is 10.1. The Labute approximate surface area is 158 Å². The van der Waals surface area contributed by atoms with Gasteiger partial charge >= 0.3 is 0 Å². The Hall–Kier alpha value is -1.96. The normalized spacial score (nSPS) is 17.8. The average molecular weight is 397 g/mol. The Morgan fingerprint density at radius 2 is 1.96 bits per heavy atom. The molecule has 0 bridgehead atoms. The van der Waals surface area contributed by atoms with E-state index in [2.05, 4.69) is 16.5 Å². The SMILES string of the molecule is COc1ccc(S(=O)(=O)Nc2ccc(N3CCOCC3C)cc2)cc1Cl. The largest absolute Gasteiger partial charge is 0.495 e. The molecule has 0 aliphatic carbocycles. The molecule has 26 heavy (non-hydrogen) atoms. The Morgan fingerprint density at radius 1 is 1.23 bits per heavy atom. The van der Waals surface area contributed by atoms with Gasteiger partial charge in [0.05, 0.1) is 30.2 Å². The summed E-state index contributed by atoms with van der Waals surface area (Å²) in [7, 11) is -2.26. The van der Waals surface area contributed by atoms with Gasteiger partial charge in [0.2, 0.25) is 0 Å². The molecule has 6 nitrogen and oxygen atoms in total. The van der Waals surface area contributed by atoms with Crippen LogP contribution >= 0.6 is 11.6 Å². The van der Waals surface area contributed by atoms with Gasteiger partial charge in [0.1, 0.15) is 5.75 Å². The Morgan fingerprint density at radius 3 is 2.58 bits per heavy atom. The van der Waals surface area contributed by atoms with Gasteiger partial charge in [-0.25, -0.2) is 8.42 Å². The fraction of sp³-hybridized carbons (Fsp3) is 0.333. The van der Waals surface area contributed by atoms with Crippen molar-refractivity contribution in [2.75, 3.05) is 36.5 Å². The number of hydrogen-bond donors (Lipinski definition) is 1. The lowest BCUT2D eigenvalue weighted by Crippen LogP contribution is -2.43. The summed E-state index contributed by atoms with van der Waals surface area (Å²) in [6.45, 7) is 4.29. The second-order valence-corrected chi connectivity index (χ2v) is 8.16. The highest BCUT2D eigenvalue weighted by molar-refractivity contribution is 7.92. The molecule has 0 spiro atoms. The summed E-state index contributed by atoms with van der Waals surface area (Å²) in [5.74, 6) is 0.426. The van der Waals surface area contributed by atoms with Crippen LogP contribution in [0.4, 0.5) is 11.4 Å². The minimum absolute atomic E-state index is 0.0779. The summed E-state index contributed by atoms with van der Waals surface area (Å²) < 4.78 is 38.2. The number of morpholine rings is 1. The molecule has 0 saturated carbocycles. The van der Waals surface area contributed by atoms with E-state index in [4.69, 9.17) is 21.1 Å². The first-order valence-electron chi connectivity index (χ1n) is 8.21. The molecule has 1 unspecified atom stereocenters. The van der Waals surface area contributed by atoms with Gasteiger partial charge in [-0.15, -0.1) is 0 Å². The number of methoxy groups -OCH3 is 1. The molecule has 1 fully saturated rings. The first-order chi connectivity index (χ1) is 12.4. The molecule has 8 heteroatoms. The minimum Gasteiger partial charge on any atom is -0.495 e. The van der Waals surface area contributed by atoms with Crippen LogP contribution in [0.3, 0.4) is 0 Å². The van der Waals surface area contributed by atoms with Crippen LogP contribution in [0.25, 0.3) is 0 Å². The van der Waals surface area contributed by atoms with Crippen LogP contribution in [0.1, 0.15) is 6.92 Å². The van der Waals surface area contributed by atoms with E-state index in [-0.39, 0.29) is 16.0 Å². The van der Waals surface area contributed by atoms with Crippen molar-refractivity contribution in [3.05, 3.63) is 47.5 Å². The fourth-order valence-electron chi connectivity index (χ4n) is 2.86. The highest BCUT2D eigenvalue weighted by atomic mass is 35.5. The standard InChI is InChI=1S/C18H21ClN2O4S/c1-13-12-25-10-9-21(13)15-5-3-14(4-6-15)20-26(22,23)16-7-8-18(24-2)17(19)11-16/h3-8,11,13,20H,9-10,12H2,1-2H3. The van der Waals surface area contributed by atoms with Gasteiger partial charge < -0.3 is 14.4 Å². The van der Waals surface area contributed by atoms with Crippen molar-refractivity contribution in [2.24, 2.45) is 0 Å². The number of nitrogens with zero attached hydrogens (tertiary/aromatic N) is 1. The third-order valence-corrected chi connectivity index (χ3v) is 5.93. The molecule has 2 aromatic rings. The van der Waals surface area contributed by atoms with Crippen LogP contribution < -0.4 is 14.4 Å². The highest BCUT2D eigenvalue weighted by Gasteiger charge is 2.20. The van der Waals surface area contributed by atoms with Gasteiger partial charge in [0, 0.05) is 24.0 Å². The van der Waals surface area contributed by atoms with Crippen LogP contribution in [0, 0.1) is 0 Å². The predicted octanol–water partition coefficient (Wildman–Crippen LogP) is 3.37. The molecule has 1 aliphatic heterocycles. The van der Waals surface area contributed by atoms with E-state index in [9.17, 15) is 8.42 Å². The van der Waals surface area contributed by atoms with Gasteiger partial charge in [0.15, 0.2) is 0 Å². The second kappa shape index (κ2) is 7.73. The van der Waals surface area contributed by atoms with E-state index >= 15 is 0 Å². The van der Waals surface area contributed by atoms with Gasteiger partial charge in [-0.05, 0) is 49.4 Å². The summed E-state index contributed by atoms with van der Waals surface area (Å²) in [5.41, 5.74) is 1.53. The van der Waals surface area contributed by atoms with Crippen LogP contribution in [0.2, 0.25) is 5.02 Å². The fourth-order valence-corrected chi connectivity index (χ4v) is 4.27. The first kappa shape index (κ1) is 18.8. The number of halogens is 1. The third-order valence-electron chi connectivity index (χ3n) is 4.25. The van der Waals surface area contributed by atoms with Crippen LogP contribution in [-0.4, -0.2) is 41.3 Å². The van der Waals surface area contributed by atoms with Crippen LogP contribution in [-0.2, 0) is 14.8 Å². The van der Waals surface area contributed by atoms with Crippen molar-refractivity contribution < 1.29 is 17.9 Å². The quantitative estimate of drug-likeness (QED) is 0.839.